The molecule has 3 heteroatoms. The Labute approximate surface area is 127 Å². The Morgan fingerprint density at radius 3 is 2.76 bits per heavy atom. The van der Waals surface area contributed by atoms with Gasteiger partial charge in [-0.1, -0.05) is 25.5 Å². The Hall–Kier alpha value is -1.64. The molecule has 1 aromatic rings. The van der Waals surface area contributed by atoms with Crippen LogP contribution >= 0.6 is 0 Å². The van der Waals surface area contributed by atoms with Crippen LogP contribution in [0.3, 0.4) is 0 Å². The van der Waals surface area contributed by atoms with Crippen LogP contribution in [0.2, 0.25) is 0 Å². The third-order valence-corrected chi connectivity index (χ3v) is 4.99. The number of allylic oxidation sites excluding steroid dienone is 2. The van der Waals surface area contributed by atoms with E-state index in [1.165, 1.54) is 25.7 Å². The third kappa shape index (κ3) is 3.02. The largest absolute Gasteiger partial charge is 0.497 e. The number of ether oxygens (including phenoxy) is 1. The number of nitrogen functional groups attached to an aromatic ring is 1. The van der Waals surface area contributed by atoms with Crippen LogP contribution in [0.1, 0.15) is 39.5 Å². The zero-order chi connectivity index (χ0) is 15.0. The average molecular weight is 286 g/mol. The van der Waals surface area contributed by atoms with E-state index in [2.05, 4.69) is 25.2 Å². The normalized spacial score (nSPS) is 31.5. The van der Waals surface area contributed by atoms with E-state index in [9.17, 15) is 0 Å². The first kappa shape index (κ1) is 14.3. The third-order valence-electron chi connectivity index (χ3n) is 4.99. The van der Waals surface area contributed by atoms with Gasteiger partial charge in [-0.15, -0.1) is 0 Å². The molecule has 0 aromatic heterocycles. The summed E-state index contributed by atoms with van der Waals surface area (Å²) in [5.41, 5.74) is 9.93. The minimum atomic E-state index is 0.378. The summed E-state index contributed by atoms with van der Waals surface area (Å²) < 4.78 is 5.30. The summed E-state index contributed by atoms with van der Waals surface area (Å²) in [5, 5.41) is 3.66. The maximum Gasteiger partial charge on any atom is 0.121 e. The number of benzene rings is 1. The van der Waals surface area contributed by atoms with Crippen molar-refractivity contribution in [2.45, 2.75) is 45.6 Å². The lowest BCUT2D eigenvalue weighted by Crippen LogP contribution is -2.37. The number of nitrogens with two attached hydrogens (primary N) is 1. The van der Waals surface area contributed by atoms with Gasteiger partial charge >= 0.3 is 0 Å². The maximum atomic E-state index is 6.11. The second-order valence-corrected chi connectivity index (χ2v) is 7.04. The number of hydrogen-bond donors (Lipinski definition) is 2. The van der Waals surface area contributed by atoms with Gasteiger partial charge in [0, 0.05) is 12.1 Å². The minimum absolute atomic E-state index is 0.378. The molecular formula is C18H26N2O. The Bertz CT molecular complexity index is 566. The van der Waals surface area contributed by atoms with Crippen molar-refractivity contribution >= 4 is 11.4 Å². The fourth-order valence-electron chi connectivity index (χ4n) is 3.97. The van der Waals surface area contributed by atoms with Crippen molar-refractivity contribution < 1.29 is 4.74 Å². The predicted molar refractivity (Wildman–Crippen MR) is 88.6 cm³/mol. The first-order valence-corrected chi connectivity index (χ1v) is 7.90. The first-order valence-electron chi connectivity index (χ1n) is 7.90. The highest BCUT2D eigenvalue weighted by atomic mass is 16.5. The quantitative estimate of drug-likeness (QED) is 0.643. The Kier molecular flexibility index (Phi) is 3.60. The second kappa shape index (κ2) is 5.28. The molecule has 0 radical (unpaired) electrons. The van der Waals surface area contributed by atoms with Crippen molar-refractivity contribution in [3.05, 3.63) is 29.8 Å². The molecule has 0 spiro atoms. The number of hydrogen-bond acceptors (Lipinski definition) is 3. The van der Waals surface area contributed by atoms with Gasteiger partial charge in [0.15, 0.2) is 0 Å². The highest BCUT2D eigenvalue weighted by molar-refractivity contribution is 5.68. The zero-order valence-corrected chi connectivity index (χ0v) is 13.3. The molecule has 3 N–H and O–H groups in total. The fourth-order valence-corrected chi connectivity index (χ4v) is 3.97. The number of methoxy groups -OCH3 is 1. The topological polar surface area (TPSA) is 47.3 Å². The van der Waals surface area contributed by atoms with Crippen LogP contribution in [0.25, 0.3) is 0 Å². The summed E-state index contributed by atoms with van der Waals surface area (Å²) in [6.07, 6.45) is 7.32. The highest BCUT2D eigenvalue weighted by Crippen LogP contribution is 2.50. The van der Waals surface area contributed by atoms with E-state index >= 15 is 0 Å². The predicted octanol–water partition coefficient (Wildman–Crippen LogP) is 4.21. The van der Waals surface area contributed by atoms with Gasteiger partial charge in [0.2, 0.25) is 0 Å². The summed E-state index contributed by atoms with van der Waals surface area (Å²) >= 11 is 0. The molecule has 21 heavy (non-hydrogen) atoms. The van der Waals surface area contributed by atoms with Crippen molar-refractivity contribution in [2.24, 2.45) is 11.3 Å². The lowest BCUT2D eigenvalue weighted by molar-refractivity contribution is 0.200. The molecule has 0 amide bonds. The second-order valence-electron chi connectivity index (χ2n) is 7.04. The zero-order valence-electron chi connectivity index (χ0n) is 13.3. The van der Waals surface area contributed by atoms with Crippen molar-refractivity contribution in [1.82, 2.24) is 0 Å². The lowest BCUT2D eigenvalue weighted by Gasteiger charge is -2.41. The van der Waals surface area contributed by atoms with Crippen molar-refractivity contribution in [3.63, 3.8) is 0 Å². The number of anilines is 2. The van der Waals surface area contributed by atoms with Gasteiger partial charge in [0.1, 0.15) is 5.75 Å². The van der Waals surface area contributed by atoms with Crippen LogP contribution in [0, 0.1) is 11.3 Å². The molecule has 0 aliphatic heterocycles. The molecule has 0 heterocycles. The summed E-state index contributed by atoms with van der Waals surface area (Å²) in [6.45, 7) is 4.79. The van der Waals surface area contributed by atoms with Crippen molar-refractivity contribution in [3.8, 4) is 5.75 Å². The molecule has 2 aliphatic rings. The van der Waals surface area contributed by atoms with Gasteiger partial charge in [-0.05, 0) is 49.1 Å². The van der Waals surface area contributed by atoms with Crippen molar-refractivity contribution in [2.75, 3.05) is 18.2 Å². The monoisotopic (exact) mass is 286 g/mol. The molecule has 3 unspecified atom stereocenters. The van der Waals surface area contributed by atoms with E-state index in [1.54, 1.807) is 12.7 Å². The van der Waals surface area contributed by atoms with Crippen LogP contribution in [-0.2, 0) is 0 Å². The van der Waals surface area contributed by atoms with Gasteiger partial charge in [-0.3, -0.25) is 0 Å². The molecule has 0 saturated heterocycles. The highest BCUT2D eigenvalue weighted by Gasteiger charge is 2.40. The van der Waals surface area contributed by atoms with E-state index < -0.39 is 0 Å². The molecule has 114 valence electrons. The van der Waals surface area contributed by atoms with Gasteiger partial charge in [-0.25, -0.2) is 0 Å². The van der Waals surface area contributed by atoms with Gasteiger partial charge in [0.25, 0.3) is 0 Å². The molecule has 1 saturated carbocycles. The Balaban J connectivity index is 1.76. The average Bonchev–Trinajstić information content (AvgIpc) is 3.25. The molecule has 0 bridgehead atoms. The molecule has 1 fully saturated rings. The maximum absolute atomic E-state index is 6.11. The fraction of sp³-hybridized carbons (Fsp3) is 0.556. The van der Waals surface area contributed by atoms with E-state index in [-0.39, 0.29) is 0 Å². The van der Waals surface area contributed by atoms with Crippen LogP contribution < -0.4 is 15.8 Å². The number of rotatable bonds is 4. The summed E-state index contributed by atoms with van der Waals surface area (Å²) in [4.78, 5) is 0. The smallest absolute Gasteiger partial charge is 0.121 e. The molecule has 1 aromatic carbocycles. The van der Waals surface area contributed by atoms with Crippen LogP contribution in [-0.4, -0.2) is 13.2 Å². The minimum Gasteiger partial charge on any atom is -0.497 e. The first-order chi connectivity index (χ1) is 10.00. The van der Waals surface area contributed by atoms with Gasteiger partial charge < -0.3 is 15.8 Å². The van der Waals surface area contributed by atoms with Crippen LogP contribution in [0.5, 0.6) is 5.75 Å². The molecule has 3 atom stereocenters. The van der Waals surface area contributed by atoms with E-state index in [4.69, 9.17) is 10.5 Å². The summed E-state index contributed by atoms with van der Waals surface area (Å²) in [5.74, 6) is 1.60. The van der Waals surface area contributed by atoms with Crippen molar-refractivity contribution in [1.29, 1.82) is 0 Å². The Morgan fingerprint density at radius 2 is 2.10 bits per heavy atom. The Morgan fingerprint density at radius 1 is 1.33 bits per heavy atom. The molecule has 2 aliphatic carbocycles. The standard InChI is InChI=1S/C18H26N2O/c1-12-8-14(11-18(2,10-12)13-4-5-13)20-17-9-15(21-3)6-7-16(17)19/h4,6-7,9,12,14,20H,5,8,10-11,19H2,1-3H3. The molecule has 3 rings (SSSR count). The SMILES string of the molecule is COc1ccc(N)c(NC2CC(C)CC(C)(C3=CC3)C2)c1. The number of nitrogens with one attached hydrogen (secondary N) is 1. The van der Waals surface area contributed by atoms with E-state index in [1.807, 2.05) is 18.2 Å². The summed E-state index contributed by atoms with van der Waals surface area (Å²) in [7, 11) is 1.69. The van der Waals surface area contributed by atoms with Gasteiger partial charge in [-0.2, -0.15) is 0 Å². The van der Waals surface area contributed by atoms with Crippen LogP contribution in [0.15, 0.2) is 29.8 Å². The van der Waals surface area contributed by atoms with E-state index in [0.717, 1.165) is 23.0 Å². The lowest BCUT2D eigenvalue weighted by atomic mass is 9.67. The molecular weight excluding hydrogens is 260 g/mol. The van der Waals surface area contributed by atoms with Gasteiger partial charge in [0.05, 0.1) is 18.5 Å². The molecule has 3 nitrogen and oxygen atoms in total. The van der Waals surface area contributed by atoms with Crippen LogP contribution in [0.4, 0.5) is 11.4 Å². The summed E-state index contributed by atoms with van der Waals surface area (Å²) in [6, 6.07) is 6.30. The van der Waals surface area contributed by atoms with E-state index in [0.29, 0.717) is 11.5 Å².